The van der Waals surface area contributed by atoms with Gasteiger partial charge in [0.1, 0.15) is 12.0 Å². The maximum atomic E-state index is 13.5. The standard InChI is InChI=1S/C26H34N2O4/c1-4-7-14-18-19(27)16-20-23(22(18)24(29)17-12-10-9-11-13-17)25(30)26(31-20)32-21(6-3)28-15-8-5-2/h9-13,16,21,26,28H,4-8,14-15,27H2,1-3H3. The van der Waals surface area contributed by atoms with Crippen LogP contribution in [0.2, 0.25) is 0 Å². The number of fused-ring (bicyclic) bond motifs is 1. The lowest BCUT2D eigenvalue weighted by Crippen LogP contribution is -2.39. The van der Waals surface area contributed by atoms with Crippen molar-refractivity contribution in [1.82, 2.24) is 5.32 Å². The molecular weight excluding hydrogens is 404 g/mol. The smallest absolute Gasteiger partial charge is 0.266 e. The maximum Gasteiger partial charge on any atom is 0.266 e. The van der Waals surface area contributed by atoms with Gasteiger partial charge >= 0.3 is 0 Å². The highest BCUT2D eigenvalue weighted by Crippen LogP contribution is 2.39. The topological polar surface area (TPSA) is 90.7 Å². The molecule has 2 unspecified atom stereocenters. The number of anilines is 1. The summed E-state index contributed by atoms with van der Waals surface area (Å²) >= 11 is 0. The fourth-order valence-corrected chi connectivity index (χ4v) is 3.92. The summed E-state index contributed by atoms with van der Waals surface area (Å²) in [6, 6.07) is 10.6. The molecule has 0 saturated heterocycles. The van der Waals surface area contributed by atoms with Gasteiger partial charge in [0.15, 0.2) is 5.78 Å². The second-order valence-electron chi connectivity index (χ2n) is 8.15. The fraction of sp³-hybridized carbons (Fsp3) is 0.462. The van der Waals surface area contributed by atoms with Crippen molar-refractivity contribution in [3.63, 3.8) is 0 Å². The van der Waals surface area contributed by atoms with Crippen LogP contribution in [0.5, 0.6) is 5.75 Å². The molecule has 2 atom stereocenters. The predicted octanol–water partition coefficient (Wildman–Crippen LogP) is 4.89. The number of unbranched alkanes of at least 4 members (excludes halogenated alkanes) is 2. The van der Waals surface area contributed by atoms with Crippen molar-refractivity contribution in [2.24, 2.45) is 0 Å². The molecule has 0 aromatic heterocycles. The third kappa shape index (κ3) is 5.19. The minimum atomic E-state index is -1.09. The molecule has 3 rings (SSSR count). The number of Topliss-reactive ketones (excluding diaryl/α,β-unsaturated/α-hetero) is 1. The minimum absolute atomic E-state index is 0.217. The van der Waals surface area contributed by atoms with Crippen molar-refractivity contribution < 1.29 is 19.1 Å². The Morgan fingerprint density at radius 2 is 1.88 bits per heavy atom. The lowest BCUT2D eigenvalue weighted by Gasteiger charge is -2.20. The van der Waals surface area contributed by atoms with Crippen molar-refractivity contribution in [1.29, 1.82) is 0 Å². The highest BCUT2D eigenvalue weighted by Gasteiger charge is 2.40. The van der Waals surface area contributed by atoms with Crippen LogP contribution >= 0.6 is 0 Å². The van der Waals surface area contributed by atoms with E-state index in [1.165, 1.54) is 0 Å². The van der Waals surface area contributed by atoms with Crippen LogP contribution < -0.4 is 15.8 Å². The van der Waals surface area contributed by atoms with E-state index in [0.717, 1.165) is 32.2 Å². The van der Waals surface area contributed by atoms with Crippen molar-refractivity contribution in [3.05, 3.63) is 58.7 Å². The van der Waals surface area contributed by atoms with Crippen LogP contribution in [0, 0.1) is 0 Å². The molecule has 0 radical (unpaired) electrons. The van der Waals surface area contributed by atoms with Crippen LogP contribution in [0.4, 0.5) is 5.69 Å². The van der Waals surface area contributed by atoms with Gasteiger partial charge in [0, 0.05) is 22.9 Å². The minimum Gasteiger partial charge on any atom is -0.456 e. The van der Waals surface area contributed by atoms with Gasteiger partial charge in [-0.2, -0.15) is 0 Å². The van der Waals surface area contributed by atoms with Gasteiger partial charge in [-0.25, -0.2) is 0 Å². The monoisotopic (exact) mass is 438 g/mol. The second kappa shape index (κ2) is 11.2. The molecule has 0 saturated carbocycles. The highest BCUT2D eigenvalue weighted by atomic mass is 16.7. The third-order valence-corrected chi connectivity index (χ3v) is 5.73. The second-order valence-corrected chi connectivity index (χ2v) is 8.15. The Morgan fingerprint density at radius 3 is 2.53 bits per heavy atom. The first-order valence-corrected chi connectivity index (χ1v) is 11.7. The predicted molar refractivity (Wildman–Crippen MR) is 126 cm³/mol. The Hall–Kier alpha value is -2.70. The maximum absolute atomic E-state index is 13.5. The number of nitrogens with two attached hydrogens (primary N) is 1. The molecule has 1 aliphatic rings. The summed E-state index contributed by atoms with van der Waals surface area (Å²) in [6.45, 7) is 6.99. The number of ether oxygens (including phenoxy) is 2. The molecular formula is C26H34N2O4. The van der Waals surface area contributed by atoms with Gasteiger partial charge in [0.25, 0.3) is 6.29 Å². The van der Waals surface area contributed by atoms with E-state index >= 15 is 0 Å². The summed E-state index contributed by atoms with van der Waals surface area (Å²) < 4.78 is 11.8. The average molecular weight is 439 g/mol. The van der Waals surface area contributed by atoms with E-state index in [-0.39, 0.29) is 23.4 Å². The third-order valence-electron chi connectivity index (χ3n) is 5.73. The fourth-order valence-electron chi connectivity index (χ4n) is 3.92. The first-order chi connectivity index (χ1) is 15.5. The molecule has 0 aliphatic carbocycles. The lowest BCUT2D eigenvalue weighted by atomic mass is 9.88. The molecule has 6 heteroatoms. The number of nitrogens with one attached hydrogen (secondary N) is 1. The normalized spacial score (nSPS) is 16.0. The summed E-state index contributed by atoms with van der Waals surface area (Å²) in [4.78, 5) is 26.9. The summed E-state index contributed by atoms with van der Waals surface area (Å²) in [5.74, 6) is -0.223. The van der Waals surface area contributed by atoms with Crippen LogP contribution in [0.25, 0.3) is 0 Å². The molecule has 0 spiro atoms. The zero-order valence-corrected chi connectivity index (χ0v) is 19.3. The van der Waals surface area contributed by atoms with Gasteiger partial charge in [0.2, 0.25) is 5.78 Å². The molecule has 1 heterocycles. The van der Waals surface area contributed by atoms with E-state index in [1.54, 1.807) is 18.2 Å². The first kappa shape index (κ1) is 24.0. The molecule has 6 nitrogen and oxygen atoms in total. The molecule has 32 heavy (non-hydrogen) atoms. The van der Waals surface area contributed by atoms with Crippen molar-refractivity contribution >= 4 is 17.3 Å². The van der Waals surface area contributed by atoms with E-state index in [1.807, 2.05) is 25.1 Å². The van der Waals surface area contributed by atoms with Gasteiger partial charge < -0.3 is 15.2 Å². The molecule has 172 valence electrons. The number of hydrogen-bond acceptors (Lipinski definition) is 6. The average Bonchev–Trinajstić information content (AvgIpc) is 3.11. The summed E-state index contributed by atoms with van der Waals surface area (Å²) in [5.41, 5.74) is 8.69. The number of ketones is 2. The largest absolute Gasteiger partial charge is 0.456 e. The molecule has 2 aromatic rings. The van der Waals surface area contributed by atoms with Crippen molar-refractivity contribution in [2.75, 3.05) is 12.3 Å². The Labute approximate surface area is 190 Å². The van der Waals surface area contributed by atoms with E-state index in [0.29, 0.717) is 41.0 Å². The van der Waals surface area contributed by atoms with E-state index in [9.17, 15) is 9.59 Å². The van der Waals surface area contributed by atoms with Gasteiger partial charge in [-0.05, 0) is 37.8 Å². The van der Waals surface area contributed by atoms with Crippen molar-refractivity contribution in [3.8, 4) is 5.75 Å². The molecule has 0 bridgehead atoms. The van der Waals surface area contributed by atoms with Gasteiger partial charge in [-0.3, -0.25) is 14.9 Å². The Balaban J connectivity index is 1.97. The van der Waals surface area contributed by atoms with Crippen LogP contribution in [-0.2, 0) is 11.2 Å². The Bertz CT molecular complexity index is 943. The highest BCUT2D eigenvalue weighted by molar-refractivity contribution is 6.20. The number of benzene rings is 2. The van der Waals surface area contributed by atoms with E-state index in [2.05, 4.69) is 19.2 Å². The van der Waals surface area contributed by atoms with Gasteiger partial charge in [-0.1, -0.05) is 63.9 Å². The van der Waals surface area contributed by atoms with Gasteiger partial charge in [-0.15, -0.1) is 0 Å². The number of carbonyl (C=O) groups is 2. The zero-order valence-electron chi connectivity index (χ0n) is 19.3. The lowest BCUT2D eigenvalue weighted by molar-refractivity contribution is -0.0983. The summed E-state index contributed by atoms with van der Waals surface area (Å²) in [5, 5.41) is 3.31. The number of nitrogen functional groups attached to an aromatic ring is 1. The Kier molecular flexibility index (Phi) is 8.42. The zero-order chi connectivity index (χ0) is 23.1. The SMILES string of the molecule is CCCCNC(CC)OC1Oc2cc(N)c(CCCC)c(C(=O)c3ccccc3)c2C1=O. The molecule has 2 aromatic carbocycles. The van der Waals surface area contributed by atoms with Crippen molar-refractivity contribution in [2.45, 2.75) is 71.8 Å². The number of rotatable bonds is 12. The van der Waals surface area contributed by atoms with E-state index < -0.39 is 6.29 Å². The van der Waals surface area contributed by atoms with E-state index in [4.69, 9.17) is 15.2 Å². The van der Waals surface area contributed by atoms with Crippen LogP contribution in [0.3, 0.4) is 0 Å². The first-order valence-electron chi connectivity index (χ1n) is 11.7. The van der Waals surface area contributed by atoms with Crippen LogP contribution in [-0.4, -0.2) is 30.6 Å². The molecule has 1 aliphatic heterocycles. The number of hydrogen-bond donors (Lipinski definition) is 2. The summed E-state index contributed by atoms with van der Waals surface area (Å²) in [6.07, 6.45) is 3.82. The van der Waals surface area contributed by atoms with Crippen LogP contribution in [0.1, 0.15) is 84.7 Å². The summed E-state index contributed by atoms with van der Waals surface area (Å²) in [7, 11) is 0. The van der Waals surface area contributed by atoms with Crippen LogP contribution in [0.15, 0.2) is 36.4 Å². The Morgan fingerprint density at radius 1 is 1.16 bits per heavy atom. The molecule has 0 fully saturated rings. The van der Waals surface area contributed by atoms with Gasteiger partial charge in [0.05, 0.1) is 5.56 Å². The molecule has 0 amide bonds. The molecule has 3 N–H and O–H groups in total. The number of carbonyl (C=O) groups excluding carboxylic acids is 2. The quantitative estimate of drug-likeness (QED) is 0.212.